The molecule has 0 aromatic heterocycles. The zero-order chi connectivity index (χ0) is 15.0. The van der Waals surface area contributed by atoms with Gasteiger partial charge in [-0.15, -0.1) is 0 Å². The second-order valence-electron chi connectivity index (χ2n) is 4.71. The predicted octanol–water partition coefficient (Wildman–Crippen LogP) is 2.96. The molecule has 1 heterocycles. The van der Waals surface area contributed by atoms with E-state index in [1.54, 1.807) is 30.3 Å². The predicted molar refractivity (Wildman–Crippen MR) is 80.8 cm³/mol. The van der Waals surface area contributed by atoms with Gasteiger partial charge < -0.3 is 0 Å². The van der Waals surface area contributed by atoms with Crippen molar-refractivity contribution in [3.63, 3.8) is 0 Å². The Morgan fingerprint density at radius 2 is 1.95 bits per heavy atom. The van der Waals surface area contributed by atoms with Crippen LogP contribution in [-0.4, -0.2) is 15.0 Å². The molecule has 2 aromatic carbocycles. The van der Waals surface area contributed by atoms with Gasteiger partial charge in [0.05, 0.1) is 11.3 Å². The lowest BCUT2D eigenvalue weighted by molar-refractivity contribution is 0.592. The molecule has 0 saturated heterocycles. The Morgan fingerprint density at radius 1 is 1.19 bits per heavy atom. The van der Waals surface area contributed by atoms with Crippen molar-refractivity contribution in [2.24, 2.45) is 0 Å². The first-order valence-electron chi connectivity index (χ1n) is 6.34. The average molecular weight is 319 g/mol. The lowest BCUT2D eigenvalue weighted by atomic mass is 10.2. The monoisotopic (exact) mass is 318 g/mol. The number of hydrogen-bond donors (Lipinski definition) is 0. The summed E-state index contributed by atoms with van der Waals surface area (Å²) in [6, 6.07) is 13.3. The molecule has 106 valence electrons. The van der Waals surface area contributed by atoms with Crippen LogP contribution in [0.2, 0.25) is 5.02 Å². The second kappa shape index (κ2) is 5.06. The van der Waals surface area contributed by atoms with E-state index in [1.807, 2.05) is 6.07 Å². The van der Waals surface area contributed by atoms with Crippen molar-refractivity contribution in [2.75, 3.05) is 10.8 Å². The Labute approximate surface area is 128 Å². The highest BCUT2D eigenvalue weighted by atomic mass is 35.5. The van der Waals surface area contributed by atoms with E-state index in [9.17, 15) is 8.42 Å². The minimum Gasteiger partial charge on any atom is -0.266 e. The molecule has 0 unspecified atom stereocenters. The Hall–Kier alpha value is -2.03. The molecule has 3 rings (SSSR count). The highest BCUT2D eigenvalue weighted by molar-refractivity contribution is 7.93. The molecule has 1 aliphatic rings. The van der Waals surface area contributed by atoms with E-state index in [-0.39, 0.29) is 10.5 Å². The number of benzene rings is 2. The molecule has 0 spiro atoms. The van der Waals surface area contributed by atoms with Gasteiger partial charge in [-0.25, -0.2) is 8.42 Å². The molecule has 0 amide bonds. The van der Waals surface area contributed by atoms with Crippen LogP contribution in [0.5, 0.6) is 0 Å². The number of rotatable bonds is 2. The quantitative estimate of drug-likeness (QED) is 0.855. The van der Waals surface area contributed by atoms with Crippen LogP contribution in [-0.2, 0) is 16.4 Å². The molecule has 4 nitrogen and oxygen atoms in total. The number of nitriles is 1. The van der Waals surface area contributed by atoms with Crippen LogP contribution in [0.25, 0.3) is 0 Å². The fourth-order valence-corrected chi connectivity index (χ4v) is 4.34. The van der Waals surface area contributed by atoms with E-state index in [0.29, 0.717) is 23.7 Å². The maximum absolute atomic E-state index is 12.8. The van der Waals surface area contributed by atoms with Crippen molar-refractivity contribution in [3.8, 4) is 6.07 Å². The average Bonchev–Trinajstić information content (AvgIpc) is 2.90. The second-order valence-corrected chi connectivity index (χ2v) is 6.98. The van der Waals surface area contributed by atoms with Crippen molar-refractivity contribution in [1.29, 1.82) is 5.26 Å². The molecule has 0 radical (unpaired) electrons. The summed E-state index contributed by atoms with van der Waals surface area (Å²) in [6.07, 6.45) is 0.615. The van der Waals surface area contributed by atoms with Crippen molar-refractivity contribution in [2.45, 2.75) is 11.3 Å². The van der Waals surface area contributed by atoms with E-state index < -0.39 is 10.0 Å². The summed E-state index contributed by atoms with van der Waals surface area (Å²) in [4.78, 5) is 0.0373. The van der Waals surface area contributed by atoms with Crippen molar-refractivity contribution in [1.82, 2.24) is 0 Å². The summed E-state index contributed by atoms with van der Waals surface area (Å²) < 4.78 is 26.9. The Balaban J connectivity index is 2.12. The van der Waals surface area contributed by atoms with Crippen LogP contribution in [0, 0.1) is 11.3 Å². The van der Waals surface area contributed by atoms with Crippen LogP contribution < -0.4 is 4.31 Å². The first-order chi connectivity index (χ1) is 10.0. The molecule has 6 heteroatoms. The SMILES string of the molecule is N#Cc1ccccc1S(=O)(=O)N1CCc2cc(Cl)ccc21. The summed E-state index contributed by atoms with van der Waals surface area (Å²) in [5.41, 5.74) is 1.69. The third kappa shape index (κ3) is 2.27. The van der Waals surface area contributed by atoms with E-state index in [0.717, 1.165) is 5.56 Å². The van der Waals surface area contributed by atoms with Gasteiger partial charge in [0.25, 0.3) is 10.0 Å². The molecular weight excluding hydrogens is 308 g/mol. The first-order valence-corrected chi connectivity index (χ1v) is 8.16. The van der Waals surface area contributed by atoms with Gasteiger partial charge in [0.1, 0.15) is 11.0 Å². The van der Waals surface area contributed by atoms with Gasteiger partial charge in [0, 0.05) is 11.6 Å². The Bertz CT molecular complexity index is 856. The topological polar surface area (TPSA) is 61.2 Å². The summed E-state index contributed by atoms with van der Waals surface area (Å²) in [5, 5.41) is 9.69. The van der Waals surface area contributed by atoms with Gasteiger partial charge in [-0.1, -0.05) is 23.7 Å². The highest BCUT2D eigenvalue weighted by Gasteiger charge is 2.32. The van der Waals surface area contributed by atoms with Gasteiger partial charge in [0.15, 0.2) is 0 Å². The van der Waals surface area contributed by atoms with Crippen molar-refractivity contribution < 1.29 is 8.42 Å². The standard InChI is InChI=1S/C15H11ClN2O2S/c16-13-5-6-14-11(9-13)7-8-18(14)21(19,20)15-4-2-1-3-12(15)10-17/h1-6,9H,7-8H2. The molecule has 21 heavy (non-hydrogen) atoms. The van der Waals surface area contributed by atoms with Gasteiger partial charge in [-0.3, -0.25) is 4.31 Å². The van der Waals surface area contributed by atoms with Crippen LogP contribution in [0.4, 0.5) is 5.69 Å². The first kappa shape index (κ1) is 13.9. The van der Waals surface area contributed by atoms with Crippen LogP contribution >= 0.6 is 11.6 Å². The lowest BCUT2D eigenvalue weighted by Gasteiger charge is -2.20. The maximum atomic E-state index is 12.8. The molecule has 1 aliphatic heterocycles. The zero-order valence-corrected chi connectivity index (χ0v) is 12.5. The molecule has 2 aromatic rings. The van der Waals surface area contributed by atoms with Gasteiger partial charge in [-0.2, -0.15) is 5.26 Å². The van der Waals surface area contributed by atoms with Crippen LogP contribution in [0.1, 0.15) is 11.1 Å². The van der Waals surface area contributed by atoms with Gasteiger partial charge >= 0.3 is 0 Å². The molecule has 0 atom stereocenters. The van der Waals surface area contributed by atoms with E-state index in [1.165, 1.54) is 16.4 Å². The molecule has 0 aliphatic carbocycles. The summed E-state index contributed by atoms with van der Waals surface area (Å²) >= 11 is 5.94. The van der Waals surface area contributed by atoms with E-state index in [4.69, 9.17) is 16.9 Å². The van der Waals surface area contributed by atoms with Gasteiger partial charge in [-0.05, 0) is 42.3 Å². The smallest absolute Gasteiger partial charge is 0.265 e. The molecule has 0 N–H and O–H groups in total. The lowest BCUT2D eigenvalue weighted by Crippen LogP contribution is -2.29. The van der Waals surface area contributed by atoms with Gasteiger partial charge in [0.2, 0.25) is 0 Å². The van der Waals surface area contributed by atoms with Crippen LogP contribution in [0.3, 0.4) is 0 Å². The summed E-state index contributed by atoms with van der Waals surface area (Å²) in [6.45, 7) is 0.359. The Kier molecular flexibility index (Phi) is 3.36. The third-order valence-corrected chi connectivity index (χ3v) is 5.58. The van der Waals surface area contributed by atoms with Crippen LogP contribution in [0.15, 0.2) is 47.4 Å². The molecule has 0 bridgehead atoms. The number of anilines is 1. The number of sulfonamides is 1. The highest BCUT2D eigenvalue weighted by Crippen LogP contribution is 2.35. The fraction of sp³-hybridized carbons (Fsp3) is 0.133. The van der Waals surface area contributed by atoms with Crippen molar-refractivity contribution >= 4 is 27.3 Å². The zero-order valence-electron chi connectivity index (χ0n) is 11.0. The van der Waals surface area contributed by atoms with E-state index in [2.05, 4.69) is 0 Å². The maximum Gasteiger partial charge on any atom is 0.265 e. The fourth-order valence-electron chi connectivity index (χ4n) is 2.49. The summed E-state index contributed by atoms with van der Waals surface area (Å²) in [5.74, 6) is 0. The number of hydrogen-bond acceptors (Lipinski definition) is 3. The minimum absolute atomic E-state index is 0.0373. The summed E-state index contributed by atoms with van der Waals surface area (Å²) in [7, 11) is -3.74. The third-order valence-electron chi connectivity index (χ3n) is 3.47. The largest absolute Gasteiger partial charge is 0.266 e. The van der Waals surface area contributed by atoms with E-state index >= 15 is 0 Å². The minimum atomic E-state index is -3.74. The number of fused-ring (bicyclic) bond motifs is 1. The van der Waals surface area contributed by atoms with Crippen molar-refractivity contribution in [3.05, 3.63) is 58.6 Å². The Morgan fingerprint density at radius 3 is 2.71 bits per heavy atom. The molecule has 0 fully saturated rings. The number of halogens is 1. The normalized spacial score (nSPS) is 13.8. The number of nitrogens with zero attached hydrogens (tertiary/aromatic N) is 2. The molecular formula is C15H11ClN2O2S. The molecule has 0 saturated carbocycles.